The van der Waals surface area contributed by atoms with Crippen LogP contribution in [0.4, 0.5) is 13.2 Å². The van der Waals surface area contributed by atoms with E-state index in [9.17, 15) is 27.9 Å². The van der Waals surface area contributed by atoms with Crippen LogP contribution in [0, 0.1) is 5.92 Å². The highest BCUT2D eigenvalue weighted by Crippen LogP contribution is 2.45. The predicted molar refractivity (Wildman–Crippen MR) is 146 cm³/mol. The number of hydrogen-bond acceptors (Lipinski definition) is 7. The lowest BCUT2D eigenvalue weighted by atomic mass is 9.73. The molecule has 0 radical (unpaired) electrons. The lowest BCUT2D eigenvalue weighted by Crippen LogP contribution is -2.56. The van der Waals surface area contributed by atoms with Crippen molar-refractivity contribution in [1.29, 1.82) is 0 Å². The Morgan fingerprint density at radius 2 is 1.88 bits per heavy atom. The second-order valence-corrected chi connectivity index (χ2v) is 11.2. The molecule has 2 fully saturated rings. The number of ether oxygens (including phenoxy) is 3. The van der Waals surface area contributed by atoms with Gasteiger partial charge in [0.1, 0.15) is 0 Å². The lowest BCUT2D eigenvalue weighted by Gasteiger charge is -2.42. The van der Waals surface area contributed by atoms with Crippen LogP contribution in [0.1, 0.15) is 66.9 Å². The summed E-state index contributed by atoms with van der Waals surface area (Å²) >= 11 is 0. The first-order chi connectivity index (χ1) is 20.0. The third-order valence-corrected chi connectivity index (χ3v) is 8.42. The number of rotatable bonds is 9. The van der Waals surface area contributed by atoms with Crippen LogP contribution in [0.5, 0.6) is 11.5 Å². The summed E-state index contributed by atoms with van der Waals surface area (Å²) in [4.78, 5) is 25.3. The molecule has 1 saturated heterocycles. The average molecular weight is 592 g/mol. The summed E-state index contributed by atoms with van der Waals surface area (Å²) in [6.07, 6.45) is -0.965. The second kappa shape index (κ2) is 12.1. The maximum Gasteiger partial charge on any atom is 0.416 e. The van der Waals surface area contributed by atoms with Crippen LogP contribution in [0.3, 0.4) is 0 Å². The van der Waals surface area contributed by atoms with Gasteiger partial charge >= 0.3 is 6.18 Å². The van der Waals surface area contributed by atoms with E-state index in [1.807, 2.05) is 25.1 Å². The van der Waals surface area contributed by atoms with E-state index in [1.54, 1.807) is 0 Å². The Labute approximate surface area is 242 Å². The first kappa shape index (κ1) is 30.1. The standard InChI is InChI=1S/C30H36F3N3O6/c1-2-23(19-8-10-28(39,11-9-19)21-6-7-24-25(15-21)41-18-40-24)42-29(12-13-34-17-29)36-26(37)16-35-27(38)20-4-3-5-22(14-20)30(31,32)33/h3-7,14-15,19,23,34,39H,2,8-13,16-18H2,1H3,(H,35,38)(H,36,37)/t19?,23?,28?,29-/m0/s1. The molecule has 0 bridgehead atoms. The maximum absolute atomic E-state index is 13.0. The third-order valence-electron chi connectivity index (χ3n) is 8.42. The van der Waals surface area contributed by atoms with E-state index in [2.05, 4.69) is 16.0 Å². The van der Waals surface area contributed by atoms with Crippen LogP contribution >= 0.6 is 0 Å². The molecule has 2 atom stereocenters. The molecule has 9 nitrogen and oxygen atoms in total. The van der Waals surface area contributed by atoms with Crippen LogP contribution in [0.2, 0.25) is 0 Å². The van der Waals surface area contributed by atoms with E-state index in [-0.39, 0.29) is 24.4 Å². The Bertz CT molecular complexity index is 1290. The number of carbonyl (C=O) groups is 2. The number of fused-ring (bicyclic) bond motifs is 1. The molecule has 228 valence electrons. The van der Waals surface area contributed by atoms with Crippen molar-refractivity contribution in [1.82, 2.24) is 16.0 Å². The molecule has 0 aromatic heterocycles. The number of hydrogen-bond donors (Lipinski definition) is 4. The molecule has 4 N–H and O–H groups in total. The van der Waals surface area contributed by atoms with Gasteiger partial charge in [0.25, 0.3) is 5.91 Å². The number of aliphatic hydroxyl groups is 1. The fraction of sp³-hybridized carbons (Fsp3) is 0.533. The van der Waals surface area contributed by atoms with Crippen molar-refractivity contribution in [3.63, 3.8) is 0 Å². The molecule has 1 saturated carbocycles. The van der Waals surface area contributed by atoms with Gasteiger partial charge in [-0.05, 0) is 80.5 Å². The quantitative estimate of drug-likeness (QED) is 0.328. The molecular weight excluding hydrogens is 555 g/mol. The largest absolute Gasteiger partial charge is 0.454 e. The van der Waals surface area contributed by atoms with Gasteiger partial charge in [0.05, 0.1) is 23.8 Å². The summed E-state index contributed by atoms with van der Waals surface area (Å²) in [6, 6.07) is 9.59. The highest BCUT2D eigenvalue weighted by atomic mass is 19.4. The molecular formula is C30H36F3N3O6. The van der Waals surface area contributed by atoms with E-state index in [0.717, 1.165) is 36.6 Å². The first-order valence-electron chi connectivity index (χ1n) is 14.3. The number of alkyl halides is 3. The van der Waals surface area contributed by atoms with Gasteiger partial charge in [0, 0.05) is 18.5 Å². The Kier molecular flexibility index (Phi) is 8.68. The first-order valence-corrected chi connectivity index (χ1v) is 14.3. The Balaban J connectivity index is 1.17. The van der Waals surface area contributed by atoms with E-state index < -0.39 is 41.4 Å². The minimum absolute atomic E-state index is 0.166. The van der Waals surface area contributed by atoms with E-state index >= 15 is 0 Å². The molecule has 3 aliphatic rings. The minimum Gasteiger partial charge on any atom is -0.454 e. The molecule has 5 rings (SSSR count). The predicted octanol–water partition coefficient (Wildman–Crippen LogP) is 3.84. The number of carbonyl (C=O) groups excluding carboxylic acids is 2. The van der Waals surface area contributed by atoms with Crippen molar-refractivity contribution >= 4 is 11.8 Å². The van der Waals surface area contributed by atoms with Gasteiger partial charge in [-0.2, -0.15) is 13.2 Å². The monoisotopic (exact) mass is 591 g/mol. The molecule has 2 heterocycles. The van der Waals surface area contributed by atoms with Crippen LogP contribution in [0.25, 0.3) is 0 Å². The number of nitrogens with one attached hydrogen (secondary N) is 3. The summed E-state index contributed by atoms with van der Waals surface area (Å²) in [5.41, 5.74) is -2.28. The molecule has 2 aliphatic heterocycles. The average Bonchev–Trinajstić information content (AvgIpc) is 3.64. The smallest absolute Gasteiger partial charge is 0.416 e. The Hall–Kier alpha value is -3.35. The van der Waals surface area contributed by atoms with Crippen molar-refractivity contribution in [2.75, 3.05) is 26.4 Å². The van der Waals surface area contributed by atoms with Crippen LogP contribution in [-0.4, -0.2) is 55.2 Å². The van der Waals surface area contributed by atoms with Gasteiger partial charge in [0.2, 0.25) is 12.7 Å². The Morgan fingerprint density at radius 3 is 2.57 bits per heavy atom. The van der Waals surface area contributed by atoms with Gasteiger partial charge in [-0.3, -0.25) is 9.59 Å². The van der Waals surface area contributed by atoms with Crippen molar-refractivity contribution < 1.29 is 42.1 Å². The van der Waals surface area contributed by atoms with Crippen molar-refractivity contribution in [2.24, 2.45) is 5.92 Å². The molecule has 1 aliphatic carbocycles. The molecule has 12 heteroatoms. The lowest BCUT2D eigenvalue weighted by molar-refractivity contribution is -0.152. The summed E-state index contributed by atoms with van der Waals surface area (Å²) in [5.74, 6) is 0.187. The summed E-state index contributed by atoms with van der Waals surface area (Å²) in [6.45, 7) is 2.79. The maximum atomic E-state index is 13.0. The van der Waals surface area contributed by atoms with E-state index in [1.165, 1.54) is 6.07 Å². The highest BCUT2D eigenvalue weighted by molar-refractivity contribution is 5.96. The molecule has 2 aromatic carbocycles. The van der Waals surface area contributed by atoms with E-state index in [0.29, 0.717) is 50.3 Å². The fourth-order valence-electron chi connectivity index (χ4n) is 6.07. The summed E-state index contributed by atoms with van der Waals surface area (Å²) < 4.78 is 56.5. The third kappa shape index (κ3) is 6.66. The van der Waals surface area contributed by atoms with Crippen molar-refractivity contribution in [3.05, 3.63) is 59.2 Å². The second-order valence-electron chi connectivity index (χ2n) is 11.2. The molecule has 2 aromatic rings. The van der Waals surface area contributed by atoms with Gasteiger partial charge in [-0.15, -0.1) is 0 Å². The Morgan fingerprint density at radius 1 is 1.12 bits per heavy atom. The molecule has 42 heavy (non-hydrogen) atoms. The fourth-order valence-corrected chi connectivity index (χ4v) is 6.07. The zero-order valence-corrected chi connectivity index (χ0v) is 23.4. The van der Waals surface area contributed by atoms with Gasteiger partial charge in [0.15, 0.2) is 17.2 Å². The van der Waals surface area contributed by atoms with Gasteiger partial charge < -0.3 is 35.3 Å². The normalized spacial score (nSPS) is 26.1. The topological polar surface area (TPSA) is 118 Å². The van der Waals surface area contributed by atoms with Gasteiger partial charge in [-0.25, -0.2) is 0 Å². The van der Waals surface area contributed by atoms with Gasteiger partial charge in [-0.1, -0.05) is 19.1 Å². The zero-order chi connectivity index (χ0) is 30.0. The number of amides is 2. The van der Waals surface area contributed by atoms with Crippen LogP contribution < -0.4 is 25.4 Å². The van der Waals surface area contributed by atoms with E-state index in [4.69, 9.17) is 14.2 Å². The molecule has 2 amide bonds. The minimum atomic E-state index is -4.58. The highest BCUT2D eigenvalue weighted by Gasteiger charge is 2.43. The summed E-state index contributed by atoms with van der Waals surface area (Å²) in [7, 11) is 0. The van der Waals surface area contributed by atoms with Crippen molar-refractivity contribution in [2.45, 2.75) is 69.1 Å². The molecule has 1 unspecified atom stereocenters. The van der Waals surface area contributed by atoms with Crippen molar-refractivity contribution in [3.8, 4) is 11.5 Å². The van der Waals surface area contributed by atoms with Crippen LogP contribution in [-0.2, 0) is 21.3 Å². The summed E-state index contributed by atoms with van der Waals surface area (Å²) in [5, 5.41) is 20.0. The molecule has 0 spiro atoms. The SMILES string of the molecule is CCC(O[C@@]1(NC(=O)CNC(=O)c2cccc(C(F)(F)F)c2)CCNC1)C1CCC(O)(c2ccc3c(c2)OCO3)CC1. The van der Waals surface area contributed by atoms with Crippen LogP contribution in [0.15, 0.2) is 42.5 Å². The number of benzene rings is 2. The number of halogens is 3. The zero-order valence-electron chi connectivity index (χ0n) is 23.4.